The fourth-order valence-corrected chi connectivity index (χ4v) is 2.52. The summed E-state index contributed by atoms with van der Waals surface area (Å²) in [4.78, 5) is 27.8. The molecule has 0 aromatic rings. The lowest BCUT2D eigenvalue weighted by atomic mass is 10.1. The predicted molar refractivity (Wildman–Crippen MR) is 73.4 cm³/mol. The Hall–Kier alpha value is -1.10. The lowest BCUT2D eigenvalue weighted by Crippen LogP contribution is -2.54. The van der Waals surface area contributed by atoms with E-state index in [2.05, 4.69) is 6.92 Å². The van der Waals surface area contributed by atoms with Crippen molar-refractivity contribution in [2.75, 3.05) is 26.2 Å². The van der Waals surface area contributed by atoms with Crippen molar-refractivity contribution in [1.82, 2.24) is 9.80 Å². The molecule has 5 heteroatoms. The summed E-state index contributed by atoms with van der Waals surface area (Å²) < 4.78 is 0. The molecule has 5 nitrogen and oxygen atoms in total. The van der Waals surface area contributed by atoms with E-state index in [0.717, 1.165) is 32.1 Å². The van der Waals surface area contributed by atoms with Crippen molar-refractivity contribution >= 4 is 11.8 Å². The van der Waals surface area contributed by atoms with Gasteiger partial charge in [-0.05, 0) is 19.3 Å². The van der Waals surface area contributed by atoms with Crippen LogP contribution in [0.15, 0.2) is 0 Å². The van der Waals surface area contributed by atoms with Gasteiger partial charge in [-0.25, -0.2) is 0 Å². The van der Waals surface area contributed by atoms with Crippen molar-refractivity contribution in [2.45, 2.75) is 45.1 Å². The van der Waals surface area contributed by atoms with Crippen molar-refractivity contribution in [3.63, 3.8) is 0 Å². The summed E-state index contributed by atoms with van der Waals surface area (Å²) in [6.07, 6.45) is 4.90. The minimum Gasteiger partial charge on any atom is -0.339 e. The van der Waals surface area contributed by atoms with E-state index in [0.29, 0.717) is 26.2 Å². The highest BCUT2D eigenvalue weighted by molar-refractivity contribution is 5.83. The van der Waals surface area contributed by atoms with Crippen LogP contribution in [-0.4, -0.2) is 53.8 Å². The van der Waals surface area contributed by atoms with E-state index in [-0.39, 0.29) is 23.8 Å². The Morgan fingerprint density at radius 1 is 1.16 bits per heavy atom. The Balaban J connectivity index is 1.75. The standard InChI is InChI=1S/C14H25N3O2/c1-2-3-4-12(15)14(19)17-9-7-16(8-10-17)13(18)11-5-6-11/h11-12H,2-10,15H2,1H3. The number of amides is 2. The van der Waals surface area contributed by atoms with Gasteiger partial charge in [0.2, 0.25) is 11.8 Å². The van der Waals surface area contributed by atoms with E-state index < -0.39 is 0 Å². The van der Waals surface area contributed by atoms with Gasteiger partial charge in [-0.15, -0.1) is 0 Å². The first kappa shape index (κ1) is 14.3. The zero-order valence-electron chi connectivity index (χ0n) is 11.8. The van der Waals surface area contributed by atoms with Crippen LogP contribution in [0.5, 0.6) is 0 Å². The summed E-state index contributed by atoms with van der Waals surface area (Å²) >= 11 is 0. The van der Waals surface area contributed by atoms with Crippen molar-refractivity contribution in [2.24, 2.45) is 11.7 Å². The van der Waals surface area contributed by atoms with Gasteiger partial charge >= 0.3 is 0 Å². The van der Waals surface area contributed by atoms with Crippen molar-refractivity contribution in [1.29, 1.82) is 0 Å². The third-order valence-electron chi connectivity index (χ3n) is 4.02. The van der Waals surface area contributed by atoms with Crippen LogP contribution in [0.2, 0.25) is 0 Å². The minimum atomic E-state index is -0.370. The highest BCUT2D eigenvalue weighted by Crippen LogP contribution is 2.31. The second kappa shape index (κ2) is 6.37. The quantitative estimate of drug-likeness (QED) is 0.792. The maximum absolute atomic E-state index is 12.1. The summed E-state index contributed by atoms with van der Waals surface area (Å²) in [5, 5.41) is 0. The van der Waals surface area contributed by atoms with E-state index in [4.69, 9.17) is 5.73 Å². The molecule has 0 spiro atoms. The number of unbranched alkanes of at least 4 members (excludes halogenated alkanes) is 1. The monoisotopic (exact) mass is 267 g/mol. The lowest BCUT2D eigenvalue weighted by molar-refractivity contribution is -0.141. The fraction of sp³-hybridized carbons (Fsp3) is 0.857. The van der Waals surface area contributed by atoms with Crippen LogP contribution in [0.1, 0.15) is 39.0 Å². The molecule has 2 rings (SSSR count). The molecule has 1 saturated heterocycles. The molecular formula is C14H25N3O2. The van der Waals surface area contributed by atoms with Gasteiger partial charge in [0.25, 0.3) is 0 Å². The predicted octanol–water partition coefficient (Wildman–Crippen LogP) is 0.585. The second-order valence-electron chi connectivity index (χ2n) is 5.67. The Bertz CT molecular complexity index is 334. The Morgan fingerprint density at radius 2 is 1.74 bits per heavy atom. The molecule has 1 aliphatic carbocycles. The third-order valence-corrected chi connectivity index (χ3v) is 4.02. The normalized spacial score (nSPS) is 21.4. The number of carbonyl (C=O) groups excluding carboxylic acids is 2. The van der Waals surface area contributed by atoms with Crippen LogP contribution in [0, 0.1) is 5.92 Å². The molecule has 1 aliphatic heterocycles. The smallest absolute Gasteiger partial charge is 0.239 e. The molecule has 1 heterocycles. The molecular weight excluding hydrogens is 242 g/mol. The van der Waals surface area contributed by atoms with Crippen LogP contribution < -0.4 is 5.73 Å². The van der Waals surface area contributed by atoms with Gasteiger partial charge < -0.3 is 15.5 Å². The second-order valence-corrected chi connectivity index (χ2v) is 5.67. The molecule has 0 radical (unpaired) electrons. The van der Waals surface area contributed by atoms with Crippen molar-refractivity contribution in [3.05, 3.63) is 0 Å². The van der Waals surface area contributed by atoms with E-state index >= 15 is 0 Å². The van der Waals surface area contributed by atoms with Crippen LogP contribution in [0.3, 0.4) is 0 Å². The van der Waals surface area contributed by atoms with Gasteiger partial charge in [0.15, 0.2) is 0 Å². The van der Waals surface area contributed by atoms with Gasteiger partial charge in [-0.2, -0.15) is 0 Å². The van der Waals surface area contributed by atoms with E-state index in [1.807, 2.05) is 9.80 Å². The van der Waals surface area contributed by atoms with Gasteiger partial charge in [0.05, 0.1) is 6.04 Å². The average molecular weight is 267 g/mol. The van der Waals surface area contributed by atoms with E-state index in [1.165, 1.54) is 0 Å². The van der Waals surface area contributed by atoms with Crippen LogP contribution in [0.4, 0.5) is 0 Å². The SMILES string of the molecule is CCCCC(N)C(=O)N1CCN(C(=O)C2CC2)CC1. The summed E-state index contributed by atoms with van der Waals surface area (Å²) in [6.45, 7) is 4.71. The van der Waals surface area contributed by atoms with Gasteiger partial charge in [0.1, 0.15) is 0 Å². The minimum absolute atomic E-state index is 0.0481. The molecule has 2 aliphatic rings. The van der Waals surface area contributed by atoms with Gasteiger partial charge in [-0.1, -0.05) is 19.8 Å². The summed E-state index contributed by atoms with van der Waals surface area (Å²) in [6, 6.07) is -0.370. The number of rotatable bonds is 5. The summed E-state index contributed by atoms with van der Waals surface area (Å²) in [5.74, 6) is 0.600. The lowest BCUT2D eigenvalue weighted by Gasteiger charge is -2.36. The summed E-state index contributed by atoms with van der Waals surface area (Å²) in [7, 11) is 0. The zero-order chi connectivity index (χ0) is 13.8. The first-order valence-electron chi connectivity index (χ1n) is 7.46. The van der Waals surface area contributed by atoms with Crippen LogP contribution >= 0.6 is 0 Å². The number of piperazine rings is 1. The molecule has 19 heavy (non-hydrogen) atoms. The molecule has 0 aromatic carbocycles. The first-order valence-corrected chi connectivity index (χ1v) is 7.46. The molecule has 2 fully saturated rings. The summed E-state index contributed by atoms with van der Waals surface area (Å²) in [5.41, 5.74) is 5.92. The van der Waals surface area contributed by atoms with Gasteiger partial charge in [-0.3, -0.25) is 9.59 Å². The number of nitrogens with two attached hydrogens (primary N) is 1. The molecule has 2 N–H and O–H groups in total. The number of nitrogens with zero attached hydrogens (tertiary/aromatic N) is 2. The third kappa shape index (κ3) is 3.69. The molecule has 2 amide bonds. The molecule has 108 valence electrons. The van der Waals surface area contributed by atoms with Gasteiger partial charge in [0, 0.05) is 32.1 Å². The Morgan fingerprint density at radius 3 is 2.26 bits per heavy atom. The molecule has 0 bridgehead atoms. The van der Waals surface area contributed by atoms with E-state index in [1.54, 1.807) is 0 Å². The topological polar surface area (TPSA) is 66.6 Å². The maximum Gasteiger partial charge on any atom is 0.239 e. The Labute approximate surface area is 115 Å². The highest BCUT2D eigenvalue weighted by atomic mass is 16.2. The fourth-order valence-electron chi connectivity index (χ4n) is 2.52. The van der Waals surface area contributed by atoms with E-state index in [9.17, 15) is 9.59 Å². The van der Waals surface area contributed by atoms with Crippen LogP contribution in [0.25, 0.3) is 0 Å². The number of carbonyl (C=O) groups is 2. The molecule has 1 atom stereocenters. The van der Waals surface area contributed by atoms with Crippen molar-refractivity contribution in [3.8, 4) is 0 Å². The molecule has 1 unspecified atom stereocenters. The first-order chi connectivity index (χ1) is 9.13. The molecule has 1 saturated carbocycles. The number of hydrogen-bond donors (Lipinski definition) is 1. The average Bonchev–Trinajstić information content (AvgIpc) is 3.28. The number of hydrogen-bond acceptors (Lipinski definition) is 3. The van der Waals surface area contributed by atoms with Crippen molar-refractivity contribution < 1.29 is 9.59 Å². The largest absolute Gasteiger partial charge is 0.339 e. The molecule has 0 aromatic heterocycles. The Kier molecular flexibility index (Phi) is 4.80. The maximum atomic E-state index is 12.1. The highest BCUT2D eigenvalue weighted by Gasteiger charge is 2.35. The zero-order valence-corrected chi connectivity index (χ0v) is 11.8. The van der Waals surface area contributed by atoms with Crippen LogP contribution in [-0.2, 0) is 9.59 Å².